The summed E-state index contributed by atoms with van der Waals surface area (Å²) in [6, 6.07) is 5.11. The van der Waals surface area contributed by atoms with Crippen molar-refractivity contribution in [1.29, 1.82) is 0 Å². The molecular formula is C13H19N3O2. The third-order valence-electron chi connectivity index (χ3n) is 3.56. The van der Waals surface area contributed by atoms with Crippen LogP contribution in [0, 0.1) is 5.92 Å². The number of nitrogens with zero attached hydrogens (tertiary/aromatic N) is 1. The van der Waals surface area contributed by atoms with Gasteiger partial charge in [0.25, 0.3) is 0 Å². The highest BCUT2D eigenvalue weighted by molar-refractivity contribution is 5.94. The molecular weight excluding hydrogens is 230 g/mol. The van der Waals surface area contributed by atoms with Crippen molar-refractivity contribution in [1.82, 2.24) is 0 Å². The fourth-order valence-corrected chi connectivity index (χ4v) is 2.40. The zero-order chi connectivity index (χ0) is 13.3. The first kappa shape index (κ1) is 12.7. The summed E-state index contributed by atoms with van der Waals surface area (Å²) in [5.74, 6) is -0.197. The Morgan fingerprint density at radius 2 is 2.28 bits per heavy atom. The van der Waals surface area contributed by atoms with E-state index in [0.29, 0.717) is 11.3 Å². The molecule has 0 aliphatic carbocycles. The Hall–Kier alpha value is -1.75. The van der Waals surface area contributed by atoms with Crippen LogP contribution in [-0.4, -0.2) is 30.2 Å². The van der Waals surface area contributed by atoms with Gasteiger partial charge in [0.05, 0.1) is 17.5 Å². The molecule has 5 N–H and O–H groups in total. The van der Waals surface area contributed by atoms with E-state index < -0.39 is 5.91 Å². The molecule has 1 fully saturated rings. The predicted octanol–water partition coefficient (Wildman–Crippen LogP) is 0.575. The van der Waals surface area contributed by atoms with Gasteiger partial charge < -0.3 is 21.5 Å². The zero-order valence-electron chi connectivity index (χ0n) is 10.5. The molecule has 2 atom stereocenters. The largest absolute Gasteiger partial charge is 0.397 e. The number of hydrogen-bond acceptors (Lipinski definition) is 4. The normalized spacial score (nSPS) is 21.0. The highest BCUT2D eigenvalue weighted by Gasteiger charge is 2.27. The van der Waals surface area contributed by atoms with E-state index in [2.05, 4.69) is 4.90 Å². The molecule has 0 spiro atoms. The number of rotatable bonds is 3. The van der Waals surface area contributed by atoms with Crippen molar-refractivity contribution >= 4 is 17.3 Å². The summed E-state index contributed by atoms with van der Waals surface area (Å²) in [7, 11) is 0. The number of carbonyl (C=O) groups excluding carboxylic acids is 1. The summed E-state index contributed by atoms with van der Waals surface area (Å²) in [4.78, 5) is 13.2. The Morgan fingerprint density at radius 3 is 2.78 bits per heavy atom. The maximum absolute atomic E-state index is 11.0. The molecule has 0 bridgehead atoms. The van der Waals surface area contributed by atoms with E-state index in [-0.39, 0.29) is 12.0 Å². The molecule has 2 rings (SSSR count). The van der Waals surface area contributed by atoms with E-state index >= 15 is 0 Å². The Balaban J connectivity index is 2.18. The number of benzene rings is 1. The van der Waals surface area contributed by atoms with Crippen LogP contribution in [0.5, 0.6) is 0 Å². The first-order chi connectivity index (χ1) is 8.49. The van der Waals surface area contributed by atoms with Crippen LogP contribution in [0.4, 0.5) is 11.4 Å². The van der Waals surface area contributed by atoms with Crippen LogP contribution < -0.4 is 16.4 Å². The molecule has 0 aromatic heterocycles. The summed E-state index contributed by atoms with van der Waals surface area (Å²) in [6.45, 7) is 3.47. The lowest BCUT2D eigenvalue weighted by molar-refractivity contribution is 0.100. The lowest BCUT2D eigenvalue weighted by Gasteiger charge is -2.21. The molecule has 1 aliphatic rings. The Bertz CT molecular complexity index is 460. The van der Waals surface area contributed by atoms with Crippen LogP contribution in [0.15, 0.2) is 18.2 Å². The van der Waals surface area contributed by atoms with Gasteiger partial charge in [0, 0.05) is 24.6 Å². The molecule has 18 heavy (non-hydrogen) atoms. The van der Waals surface area contributed by atoms with Gasteiger partial charge in [-0.25, -0.2) is 0 Å². The van der Waals surface area contributed by atoms with Gasteiger partial charge in [-0.05, 0) is 31.5 Å². The highest BCUT2D eigenvalue weighted by Crippen LogP contribution is 2.30. The maximum Gasteiger partial charge on any atom is 0.248 e. The quantitative estimate of drug-likeness (QED) is 0.683. The summed E-state index contributed by atoms with van der Waals surface area (Å²) in [6.07, 6.45) is 0.649. The minimum Gasteiger partial charge on any atom is -0.397 e. The predicted molar refractivity (Wildman–Crippen MR) is 71.4 cm³/mol. The van der Waals surface area contributed by atoms with E-state index in [1.807, 2.05) is 13.0 Å². The van der Waals surface area contributed by atoms with Crippen molar-refractivity contribution < 1.29 is 9.90 Å². The summed E-state index contributed by atoms with van der Waals surface area (Å²) >= 11 is 0. The molecule has 2 unspecified atom stereocenters. The SMILES string of the molecule is CC(O)C1CCN(c2ccc(C(N)=O)cc2N)C1. The first-order valence-corrected chi connectivity index (χ1v) is 6.11. The first-order valence-electron chi connectivity index (χ1n) is 6.11. The Labute approximate surface area is 106 Å². The van der Waals surface area contributed by atoms with Crippen molar-refractivity contribution in [3.05, 3.63) is 23.8 Å². The average molecular weight is 249 g/mol. The van der Waals surface area contributed by atoms with Gasteiger partial charge in [-0.15, -0.1) is 0 Å². The van der Waals surface area contributed by atoms with Crippen LogP contribution in [-0.2, 0) is 0 Å². The van der Waals surface area contributed by atoms with Gasteiger partial charge in [0.2, 0.25) is 5.91 Å². The standard InChI is InChI=1S/C13H19N3O2/c1-8(17)10-4-5-16(7-10)12-3-2-9(13(15)18)6-11(12)14/h2-3,6,8,10,17H,4-5,7,14H2,1H3,(H2,15,18). The molecule has 1 aliphatic heterocycles. The smallest absolute Gasteiger partial charge is 0.248 e. The van der Waals surface area contributed by atoms with E-state index in [0.717, 1.165) is 25.2 Å². The molecule has 0 saturated carbocycles. The molecule has 1 heterocycles. The molecule has 0 radical (unpaired) electrons. The number of nitrogens with two attached hydrogens (primary N) is 2. The van der Waals surface area contributed by atoms with Gasteiger partial charge >= 0.3 is 0 Å². The Kier molecular flexibility index (Phi) is 3.43. The van der Waals surface area contributed by atoms with Gasteiger partial charge in [-0.2, -0.15) is 0 Å². The van der Waals surface area contributed by atoms with Crippen LogP contribution in [0.1, 0.15) is 23.7 Å². The molecule has 1 aromatic rings. The van der Waals surface area contributed by atoms with Crippen LogP contribution in [0.3, 0.4) is 0 Å². The zero-order valence-corrected chi connectivity index (χ0v) is 10.5. The molecule has 5 nitrogen and oxygen atoms in total. The van der Waals surface area contributed by atoms with Gasteiger partial charge in [0.1, 0.15) is 0 Å². The minimum absolute atomic E-state index is 0.278. The van der Waals surface area contributed by atoms with Crippen molar-refractivity contribution in [2.45, 2.75) is 19.4 Å². The second-order valence-corrected chi connectivity index (χ2v) is 4.87. The average Bonchev–Trinajstić information content (AvgIpc) is 2.78. The van der Waals surface area contributed by atoms with E-state index in [1.54, 1.807) is 12.1 Å². The second kappa shape index (κ2) is 4.86. The summed E-state index contributed by atoms with van der Waals surface area (Å²) < 4.78 is 0. The lowest BCUT2D eigenvalue weighted by atomic mass is 10.0. The van der Waals surface area contributed by atoms with E-state index in [1.165, 1.54) is 0 Å². The molecule has 5 heteroatoms. The molecule has 1 amide bonds. The fourth-order valence-electron chi connectivity index (χ4n) is 2.40. The summed E-state index contributed by atoms with van der Waals surface area (Å²) in [5.41, 5.74) is 13.0. The van der Waals surface area contributed by atoms with Crippen LogP contribution in [0.25, 0.3) is 0 Å². The third-order valence-corrected chi connectivity index (χ3v) is 3.56. The number of hydrogen-bond donors (Lipinski definition) is 3. The minimum atomic E-state index is -0.475. The number of primary amides is 1. The summed E-state index contributed by atoms with van der Waals surface area (Å²) in [5, 5.41) is 9.58. The van der Waals surface area contributed by atoms with Gasteiger partial charge in [0.15, 0.2) is 0 Å². The van der Waals surface area contributed by atoms with E-state index in [4.69, 9.17) is 11.5 Å². The van der Waals surface area contributed by atoms with Crippen molar-refractivity contribution in [3.63, 3.8) is 0 Å². The fraction of sp³-hybridized carbons (Fsp3) is 0.462. The number of amides is 1. The molecule has 1 aromatic carbocycles. The maximum atomic E-state index is 11.0. The van der Waals surface area contributed by atoms with Crippen LogP contribution >= 0.6 is 0 Å². The van der Waals surface area contributed by atoms with Crippen LogP contribution in [0.2, 0.25) is 0 Å². The monoisotopic (exact) mass is 249 g/mol. The van der Waals surface area contributed by atoms with Crippen molar-refractivity contribution in [3.8, 4) is 0 Å². The second-order valence-electron chi connectivity index (χ2n) is 4.87. The van der Waals surface area contributed by atoms with Crippen molar-refractivity contribution in [2.24, 2.45) is 11.7 Å². The number of carbonyl (C=O) groups is 1. The molecule has 98 valence electrons. The lowest BCUT2D eigenvalue weighted by Crippen LogP contribution is -2.24. The van der Waals surface area contributed by atoms with Crippen molar-refractivity contribution in [2.75, 3.05) is 23.7 Å². The number of aliphatic hydroxyl groups is 1. The van der Waals surface area contributed by atoms with Gasteiger partial charge in [-0.3, -0.25) is 4.79 Å². The molecule has 1 saturated heterocycles. The van der Waals surface area contributed by atoms with Gasteiger partial charge in [-0.1, -0.05) is 0 Å². The number of aliphatic hydroxyl groups excluding tert-OH is 1. The Morgan fingerprint density at radius 1 is 1.56 bits per heavy atom. The highest BCUT2D eigenvalue weighted by atomic mass is 16.3. The topological polar surface area (TPSA) is 92.6 Å². The third kappa shape index (κ3) is 2.41. The number of anilines is 2. The van der Waals surface area contributed by atoms with E-state index in [9.17, 15) is 9.90 Å². The number of nitrogen functional groups attached to an aromatic ring is 1.